The summed E-state index contributed by atoms with van der Waals surface area (Å²) in [5, 5.41) is 2.90. The lowest BCUT2D eigenvalue weighted by molar-refractivity contribution is -0.118. The molecule has 1 amide bonds. The maximum absolute atomic E-state index is 11.9. The van der Waals surface area contributed by atoms with Gasteiger partial charge in [0.1, 0.15) is 4.32 Å². The third-order valence-electron chi connectivity index (χ3n) is 3.63. The summed E-state index contributed by atoms with van der Waals surface area (Å²) in [6.07, 6.45) is 2.37. The number of nitrogens with zero attached hydrogens (tertiary/aromatic N) is 1. The number of nitrogens with one attached hydrogen (secondary N) is 1. The third-order valence-corrected chi connectivity index (χ3v) is 5.15. The van der Waals surface area contributed by atoms with E-state index in [0.717, 1.165) is 23.0 Å². The van der Waals surface area contributed by atoms with E-state index in [1.165, 1.54) is 24.6 Å². The molecule has 2 rings (SSSR count). The summed E-state index contributed by atoms with van der Waals surface area (Å²) in [4.78, 5) is 14.1. The minimum atomic E-state index is -0.0219. The molecule has 5 nitrogen and oxygen atoms in total. The second-order valence-electron chi connectivity index (χ2n) is 5.21. The molecule has 0 aliphatic carbocycles. The van der Waals surface area contributed by atoms with Crippen LogP contribution in [0.15, 0.2) is 18.2 Å². The Morgan fingerprint density at radius 1 is 1.26 bits per heavy atom. The van der Waals surface area contributed by atoms with Crippen molar-refractivity contribution < 1.29 is 14.3 Å². The fourth-order valence-electron chi connectivity index (χ4n) is 2.36. The van der Waals surface area contributed by atoms with Gasteiger partial charge in [-0.3, -0.25) is 4.79 Å². The number of hydrogen-bond acceptors (Lipinski definition) is 5. The van der Waals surface area contributed by atoms with E-state index in [1.807, 2.05) is 18.2 Å². The molecular formula is C16H22N2O3S2. The highest BCUT2D eigenvalue weighted by Gasteiger charge is 2.16. The molecular weight excluding hydrogens is 332 g/mol. The standard InChI is InChI=1S/C16H22N2O3S2/c1-20-13-6-5-12(9-14(13)21-2)10-17-15(19)11-23-16(22)18-7-3-4-8-18/h5-6,9H,3-4,7-8,10-11H2,1-2H3,(H,17,19). The molecule has 23 heavy (non-hydrogen) atoms. The SMILES string of the molecule is COc1ccc(CNC(=O)CSC(=S)N2CCCC2)cc1OC. The number of ether oxygens (including phenoxy) is 2. The number of amides is 1. The van der Waals surface area contributed by atoms with Crippen molar-refractivity contribution in [3.63, 3.8) is 0 Å². The molecule has 1 saturated heterocycles. The molecule has 0 unspecified atom stereocenters. The molecule has 7 heteroatoms. The molecule has 1 aromatic rings. The van der Waals surface area contributed by atoms with Gasteiger partial charge in [-0.05, 0) is 30.5 Å². The zero-order valence-corrected chi connectivity index (χ0v) is 15.1. The van der Waals surface area contributed by atoms with Crippen molar-refractivity contribution in [2.45, 2.75) is 19.4 Å². The summed E-state index contributed by atoms with van der Waals surface area (Å²) < 4.78 is 11.3. The van der Waals surface area contributed by atoms with Crippen LogP contribution in [0.1, 0.15) is 18.4 Å². The van der Waals surface area contributed by atoms with E-state index in [1.54, 1.807) is 14.2 Å². The van der Waals surface area contributed by atoms with Gasteiger partial charge in [-0.15, -0.1) is 0 Å². The molecule has 0 bridgehead atoms. The average molecular weight is 354 g/mol. The Morgan fingerprint density at radius 2 is 1.96 bits per heavy atom. The molecule has 1 aromatic carbocycles. The lowest BCUT2D eigenvalue weighted by Crippen LogP contribution is -2.28. The molecule has 1 N–H and O–H groups in total. The zero-order valence-electron chi connectivity index (χ0n) is 13.5. The van der Waals surface area contributed by atoms with Gasteiger partial charge >= 0.3 is 0 Å². The number of thioether (sulfide) groups is 1. The molecule has 1 fully saturated rings. The Bertz CT molecular complexity index is 560. The van der Waals surface area contributed by atoms with Crippen LogP contribution < -0.4 is 14.8 Å². The quantitative estimate of drug-likeness (QED) is 0.792. The second-order valence-corrected chi connectivity index (χ2v) is 6.82. The Morgan fingerprint density at radius 3 is 2.61 bits per heavy atom. The largest absolute Gasteiger partial charge is 0.493 e. The number of hydrogen-bond donors (Lipinski definition) is 1. The van der Waals surface area contributed by atoms with E-state index in [2.05, 4.69) is 10.2 Å². The summed E-state index contributed by atoms with van der Waals surface area (Å²) in [6.45, 7) is 2.48. The van der Waals surface area contributed by atoms with Crippen LogP contribution in [0.4, 0.5) is 0 Å². The van der Waals surface area contributed by atoms with Crippen LogP contribution in [-0.2, 0) is 11.3 Å². The van der Waals surface area contributed by atoms with Crippen LogP contribution in [0.5, 0.6) is 11.5 Å². The minimum absolute atomic E-state index is 0.0219. The Hall–Kier alpha value is -1.47. The van der Waals surface area contributed by atoms with Crippen molar-refractivity contribution in [1.82, 2.24) is 10.2 Å². The van der Waals surface area contributed by atoms with Crippen molar-refractivity contribution in [2.75, 3.05) is 33.1 Å². The topological polar surface area (TPSA) is 50.8 Å². The predicted octanol–water partition coefficient (Wildman–Crippen LogP) is 2.43. The Balaban J connectivity index is 1.76. The van der Waals surface area contributed by atoms with E-state index in [0.29, 0.717) is 23.8 Å². The molecule has 0 spiro atoms. The first-order valence-electron chi connectivity index (χ1n) is 7.53. The monoisotopic (exact) mass is 354 g/mol. The van der Waals surface area contributed by atoms with Crippen LogP contribution in [0.2, 0.25) is 0 Å². The lowest BCUT2D eigenvalue weighted by Gasteiger charge is -2.17. The van der Waals surface area contributed by atoms with Gasteiger partial charge in [-0.2, -0.15) is 0 Å². The van der Waals surface area contributed by atoms with Gasteiger partial charge in [0.05, 0.1) is 20.0 Å². The molecule has 0 aromatic heterocycles. The number of benzene rings is 1. The summed E-state index contributed by atoms with van der Waals surface area (Å²) >= 11 is 6.78. The first kappa shape index (κ1) is 17.9. The van der Waals surface area contributed by atoms with Gasteiger partial charge in [0.2, 0.25) is 5.91 Å². The molecule has 1 heterocycles. The van der Waals surface area contributed by atoms with Gasteiger partial charge in [-0.25, -0.2) is 0 Å². The smallest absolute Gasteiger partial charge is 0.230 e. The van der Waals surface area contributed by atoms with Crippen LogP contribution in [0, 0.1) is 0 Å². The maximum atomic E-state index is 11.9. The fraction of sp³-hybridized carbons (Fsp3) is 0.500. The normalized spacial score (nSPS) is 13.7. The summed E-state index contributed by atoms with van der Waals surface area (Å²) in [5.41, 5.74) is 0.961. The number of thiocarbonyl (C=S) groups is 1. The van der Waals surface area contributed by atoms with Gasteiger partial charge in [0.25, 0.3) is 0 Å². The van der Waals surface area contributed by atoms with E-state index in [4.69, 9.17) is 21.7 Å². The highest BCUT2D eigenvalue weighted by atomic mass is 32.2. The average Bonchev–Trinajstić information content (AvgIpc) is 3.12. The number of carbonyl (C=O) groups is 1. The number of methoxy groups -OCH3 is 2. The van der Waals surface area contributed by atoms with Gasteiger partial charge < -0.3 is 19.7 Å². The van der Waals surface area contributed by atoms with Crippen LogP contribution in [0.3, 0.4) is 0 Å². The molecule has 0 atom stereocenters. The maximum Gasteiger partial charge on any atom is 0.230 e. The second kappa shape index (κ2) is 8.98. The van der Waals surface area contributed by atoms with Crippen molar-refractivity contribution >= 4 is 34.2 Å². The molecule has 0 saturated carbocycles. The van der Waals surface area contributed by atoms with Gasteiger partial charge in [0, 0.05) is 19.6 Å². The van der Waals surface area contributed by atoms with E-state index < -0.39 is 0 Å². The molecule has 126 valence electrons. The van der Waals surface area contributed by atoms with Crippen molar-refractivity contribution in [3.05, 3.63) is 23.8 Å². The van der Waals surface area contributed by atoms with E-state index >= 15 is 0 Å². The number of carbonyl (C=O) groups excluding carboxylic acids is 1. The number of rotatable bonds is 6. The van der Waals surface area contributed by atoms with Gasteiger partial charge in [-0.1, -0.05) is 30.0 Å². The Kier molecular flexibility index (Phi) is 6.98. The molecule has 1 aliphatic heterocycles. The molecule has 1 aliphatic rings. The van der Waals surface area contributed by atoms with E-state index in [-0.39, 0.29) is 5.91 Å². The first-order valence-corrected chi connectivity index (χ1v) is 8.92. The minimum Gasteiger partial charge on any atom is -0.493 e. The van der Waals surface area contributed by atoms with Crippen molar-refractivity contribution in [2.24, 2.45) is 0 Å². The molecule has 0 radical (unpaired) electrons. The highest BCUT2D eigenvalue weighted by molar-refractivity contribution is 8.23. The predicted molar refractivity (Wildman–Crippen MR) is 97.3 cm³/mol. The summed E-state index contributed by atoms with van der Waals surface area (Å²) in [6, 6.07) is 5.60. The lowest BCUT2D eigenvalue weighted by atomic mass is 10.2. The summed E-state index contributed by atoms with van der Waals surface area (Å²) in [7, 11) is 3.19. The number of likely N-dealkylation sites (tertiary alicyclic amines) is 1. The third kappa shape index (κ3) is 5.28. The Labute approximate surface area is 146 Å². The highest BCUT2D eigenvalue weighted by Crippen LogP contribution is 2.27. The summed E-state index contributed by atoms with van der Waals surface area (Å²) in [5.74, 6) is 1.66. The first-order chi connectivity index (χ1) is 11.1. The van der Waals surface area contributed by atoms with E-state index in [9.17, 15) is 4.79 Å². The van der Waals surface area contributed by atoms with Crippen LogP contribution in [-0.4, -0.2) is 48.2 Å². The van der Waals surface area contributed by atoms with Gasteiger partial charge in [0.15, 0.2) is 11.5 Å². The fourth-order valence-corrected chi connectivity index (χ4v) is 3.44. The van der Waals surface area contributed by atoms with Crippen molar-refractivity contribution in [3.8, 4) is 11.5 Å². The zero-order chi connectivity index (χ0) is 16.7. The van der Waals surface area contributed by atoms with Crippen molar-refractivity contribution in [1.29, 1.82) is 0 Å². The van der Waals surface area contributed by atoms with Crippen LogP contribution >= 0.6 is 24.0 Å². The van der Waals surface area contributed by atoms with Crippen LogP contribution in [0.25, 0.3) is 0 Å².